The van der Waals surface area contributed by atoms with Gasteiger partial charge in [0.1, 0.15) is 0 Å². The van der Waals surface area contributed by atoms with Gasteiger partial charge in [-0.3, -0.25) is 9.69 Å². The Labute approximate surface area is 148 Å². The molecule has 2 aliphatic rings. The molecule has 0 radical (unpaired) electrons. The molecule has 2 atom stereocenters. The fourth-order valence-corrected chi connectivity index (χ4v) is 4.47. The highest BCUT2D eigenvalue weighted by Crippen LogP contribution is 2.33. The number of ether oxygens (including phenoxy) is 1. The normalized spacial score (nSPS) is 25.8. The van der Waals surface area contributed by atoms with E-state index in [-0.39, 0.29) is 18.1 Å². The zero-order chi connectivity index (χ0) is 17.4. The number of nitrogens with zero attached hydrogens (tertiary/aromatic N) is 2. The average molecular weight is 341 g/mol. The first-order chi connectivity index (χ1) is 12.2. The fourth-order valence-electron chi connectivity index (χ4n) is 4.47. The van der Waals surface area contributed by atoms with Crippen LogP contribution in [0.2, 0.25) is 0 Å². The van der Waals surface area contributed by atoms with E-state index < -0.39 is 0 Å². The van der Waals surface area contributed by atoms with Gasteiger partial charge in [0.25, 0.3) is 0 Å². The zero-order valence-electron chi connectivity index (χ0n) is 15.1. The maximum absolute atomic E-state index is 12.9. The van der Waals surface area contributed by atoms with E-state index in [9.17, 15) is 4.79 Å². The number of benzene rings is 1. The molecule has 4 rings (SSSR count). The quantitative estimate of drug-likeness (QED) is 0.933. The summed E-state index contributed by atoms with van der Waals surface area (Å²) < 4.78 is 5.44. The molecular formula is C20H27N3O2. The van der Waals surface area contributed by atoms with E-state index in [0.717, 1.165) is 38.9 Å². The van der Waals surface area contributed by atoms with E-state index in [1.165, 1.54) is 16.5 Å². The van der Waals surface area contributed by atoms with E-state index >= 15 is 0 Å². The predicted molar refractivity (Wildman–Crippen MR) is 98.7 cm³/mol. The molecule has 0 saturated carbocycles. The third kappa shape index (κ3) is 3.07. The van der Waals surface area contributed by atoms with Gasteiger partial charge in [-0.15, -0.1) is 0 Å². The molecule has 0 aliphatic carbocycles. The Balaban J connectivity index is 1.41. The number of aromatic nitrogens is 1. The van der Waals surface area contributed by atoms with Gasteiger partial charge >= 0.3 is 0 Å². The first-order valence-corrected chi connectivity index (χ1v) is 9.25. The van der Waals surface area contributed by atoms with E-state index in [1.807, 2.05) is 7.05 Å². The highest BCUT2D eigenvalue weighted by molar-refractivity contribution is 5.84. The molecule has 0 unspecified atom stereocenters. The Morgan fingerprint density at radius 2 is 2.00 bits per heavy atom. The van der Waals surface area contributed by atoms with Crippen LogP contribution in [-0.4, -0.2) is 66.6 Å². The molecule has 2 fully saturated rings. The summed E-state index contributed by atoms with van der Waals surface area (Å²) in [5.74, 6) is 0.813. The number of fused-ring (bicyclic) bond motifs is 1. The third-order valence-corrected chi connectivity index (χ3v) is 6.00. The van der Waals surface area contributed by atoms with Crippen molar-refractivity contribution in [1.29, 1.82) is 0 Å². The minimum Gasteiger partial charge on any atom is -0.380 e. The molecular weight excluding hydrogens is 314 g/mol. The molecule has 2 aliphatic heterocycles. The second-order valence-corrected chi connectivity index (χ2v) is 7.44. The van der Waals surface area contributed by atoms with E-state index in [0.29, 0.717) is 5.92 Å². The summed E-state index contributed by atoms with van der Waals surface area (Å²) in [5.41, 5.74) is 2.61. The second kappa shape index (κ2) is 6.81. The number of aromatic amines is 1. The Bertz CT molecular complexity index is 748. The van der Waals surface area contributed by atoms with Gasteiger partial charge in [-0.25, -0.2) is 0 Å². The summed E-state index contributed by atoms with van der Waals surface area (Å²) in [6.45, 7) is 2.55. The van der Waals surface area contributed by atoms with Crippen molar-refractivity contribution in [1.82, 2.24) is 14.8 Å². The molecule has 1 amide bonds. The van der Waals surface area contributed by atoms with Gasteiger partial charge in [-0.2, -0.15) is 0 Å². The van der Waals surface area contributed by atoms with E-state index in [2.05, 4.69) is 45.2 Å². The number of rotatable bonds is 3. The van der Waals surface area contributed by atoms with Crippen molar-refractivity contribution in [3.05, 3.63) is 36.0 Å². The summed E-state index contributed by atoms with van der Waals surface area (Å²) in [4.78, 5) is 20.5. The molecule has 5 nitrogen and oxygen atoms in total. The van der Waals surface area contributed by atoms with Crippen molar-refractivity contribution in [3.8, 4) is 0 Å². The summed E-state index contributed by atoms with van der Waals surface area (Å²) in [7, 11) is 3.76. The maximum Gasteiger partial charge on any atom is 0.240 e. The number of H-pyrrole nitrogens is 1. The molecule has 25 heavy (non-hydrogen) atoms. The standard InChI is InChI=1S/C20H27N3O2/c1-22-13-15(25-2)11-19(22)20(24)23-9-7-14(8-10-23)17-12-21-18-6-4-3-5-16(17)18/h3-6,12,14-15,19,21H,7-11,13H2,1-2H3/t15-,19-/m0/s1. The molecule has 0 bridgehead atoms. The highest BCUT2D eigenvalue weighted by Gasteiger charge is 2.38. The number of likely N-dealkylation sites (tertiary alicyclic amines) is 2. The van der Waals surface area contributed by atoms with Crippen LogP contribution in [0.4, 0.5) is 0 Å². The van der Waals surface area contributed by atoms with Crippen molar-refractivity contribution in [2.24, 2.45) is 0 Å². The number of carbonyl (C=O) groups excluding carboxylic acids is 1. The minimum atomic E-state index is -0.0189. The molecule has 2 saturated heterocycles. The lowest BCUT2D eigenvalue weighted by Gasteiger charge is -2.34. The number of likely N-dealkylation sites (N-methyl/N-ethyl adjacent to an activating group) is 1. The summed E-state index contributed by atoms with van der Waals surface area (Å²) in [5, 5.41) is 1.32. The molecule has 0 spiro atoms. The van der Waals surface area contributed by atoms with Gasteiger partial charge in [-0.1, -0.05) is 18.2 Å². The van der Waals surface area contributed by atoms with Crippen LogP contribution in [0.15, 0.2) is 30.5 Å². The van der Waals surface area contributed by atoms with E-state index in [1.54, 1.807) is 7.11 Å². The summed E-state index contributed by atoms with van der Waals surface area (Å²) in [6, 6.07) is 8.46. The van der Waals surface area contributed by atoms with Crippen LogP contribution >= 0.6 is 0 Å². The van der Waals surface area contributed by atoms with Crippen molar-refractivity contribution in [3.63, 3.8) is 0 Å². The van der Waals surface area contributed by atoms with Crippen molar-refractivity contribution >= 4 is 16.8 Å². The largest absolute Gasteiger partial charge is 0.380 e. The number of methoxy groups -OCH3 is 1. The van der Waals surface area contributed by atoms with Gasteiger partial charge in [0, 0.05) is 43.8 Å². The molecule has 1 N–H and O–H groups in total. The number of amides is 1. The Kier molecular flexibility index (Phi) is 4.52. The lowest BCUT2D eigenvalue weighted by molar-refractivity contribution is -0.136. The molecule has 134 valence electrons. The van der Waals surface area contributed by atoms with Crippen molar-refractivity contribution in [2.75, 3.05) is 33.8 Å². The highest BCUT2D eigenvalue weighted by atomic mass is 16.5. The lowest BCUT2D eigenvalue weighted by atomic mass is 9.89. The smallest absolute Gasteiger partial charge is 0.240 e. The number of piperidine rings is 1. The number of nitrogens with one attached hydrogen (secondary N) is 1. The average Bonchev–Trinajstić information content (AvgIpc) is 3.24. The number of carbonyl (C=O) groups is 1. The van der Waals surface area contributed by atoms with Crippen LogP contribution in [0, 0.1) is 0 Å². The second-order valence-electron chi connectivity index (χ2n) is 7.44. The predicted octanol–water partition coefficient (Wildman–Crippen LogP) is 2.59. The minimum absolute atomic E-state index is 0.0189. The Morgan fingerprint density at radius 3 is 2.72 bits per heavy atom. The molecule has 1 aromatic carbocycles. The third-order valence-electron chi connectivity index (χ3n) is 6.00. The zero-order valence-corrected chi connectivity index (χ0v) is 15.1. The first-order valence-electron chi connectivity index (χ1n) is 9.25. The van der Waals surface area contributed by atoms with Crippen LogP contribution in [0.5, 0.6) is 0 Å². The lowest BCUT2D eigenvalue weighted by Crippen LogP contribution is -2.47. The van der Waals surface area contributed by atoms with E-state index in [4.69, 9.17) is 4.74 Å². The van der Waals surface area contributed by atoms with Crippen LogP contribution in [-0.2, 0) is 9.53 Å². The van der Waals surface area contributed by atoms with Crippen LogP contribution in [0.3, 0.4) is 0 Å². The number of hydrogen-bond donors (Lipinski definition) is 1. The monoisotopic (exact) mass is 341 g/mol. The van der Waals surface area contributed by atoms with Gasteiger partial charge in [0.05, 0.1) is 12.1 Å². The SMILES string of the molecule is CO[C@H]1C[C@@H](C(=O)N2CCC(c3c[nH]c4ccccc34)CC2)N(C)C1. The Hall–Kier alpha value is -1.85. The Morgan fingerprint density at radius 1 is 1.24 bits per heavy atom. The summed E-state index contributed by atoms with van der Waals surface area (Å²) >= 11 is 0. The fraction of sp³-hybridized carbons (Fsp3) is 0.550. The molecule has 1 aromatic heterocycles. The number of para-hydroxylation sites is 1. The van der Waals surface area contributed by atoms with Crippen molar-refractivity contribution in [2.45, 2.75) is 37.3 Å². The van der Waals surface area contributed by atoms with Gasteiger partial charge in [-0.05, 0) is 43.9 Å². The van der Waals surface area contributed by atoms with Crippen molar-refractivity contribution < 1.29 is 9.53 Å². The van der Waals surface area contributed by atoms with Gasteiger partial charge in [0.2, 0.25) is 5.91 Å². The topological polar surface area (TPSA) is 48.6 Å². The molecule has 2 aromatic rings. The first kappa shape index (κ1) is 16.6. The maximum atomic E-state index is 12.9. The van der Waals surface area contributed by atoms with Crippen LogP contribution in [0.1, 0.15) is 30.7 Å². The van der Waals surface area contributed by atoms with Crippen LogP contribution < -0.4 is 0 Å². The van der Waals surface area contributed by atoms with Gasteiger partial charge < -0.3 is 14.6 Å². The summed E-state index contributed by atoms with van der Waals surface area (Å²) in [6.07, 6.45) is 5.23. The number of hydrogen-bond acceptors (Lipinski definition) is 3. The van der Waals surface area contributed by atoms with Gasteiger partial charge in [0.15, 0.2) is 0 Å². The van der Waals surface area contributed by atoms with Crippen LogP contribution in [0.25, 0.3) is 10.9 Å². The molecule has 3 heterocycles. The molecule has 5 heteroatoms.